The maximum absolute atomic E-state index is 11.9. The van der Waals surface area contributed by atoms with Crippen LogP contribution in [0.2, 0.25) is 0 Å². The average Bonchev–Trinajstić information content (AvgIpc) is 2.43. The van der Waals surface area contributed by atoms with E-state index in [1.54, 1.807) is 6.92 Å². The molecule has 0 saturated carbocycles. The summed E-state index contributed by atoms with van der Waals surface area (Å²) >= 11 is 0. The summed E-state index contributed by atoms with van der Waals surface area (Å²) in [6.07, 6.45) is 1.32. The van der Waals surface area contributed by atoms with Crippen LogP contribution in [0.1, 0.15) is 19.8 Å². The Morgan fingerprint density at radius 3 is 2.55 bits per heavy atom. The fourth-order valence-corrected chi connectivity index (χ4v) is 2.71. The van der Waals surface area contributed by atoms with Crippen LogP contribution in [0.3, 0.4) is 0 Å². The molecule has 1 aliphatic carbocycles. The quantitative estimate of drug-likeness (QED) is 0.693. The van der Waals surface area contributed by atoms with E-state index in [1.165, 1.54) is 6.08 Å². The molecule has 1 unspecified atom stereocenters. The molecule has 1 fully saturated rings. The summed E-state index contributed by atoms with van der Waals surface area (Å²) in [5.74, 6) is -1.67. The molecule has 0 aromatic heterocycles. The lowest BCUT2D eigenvalue weighted by Crippen LogP contribution is -2.53. The van der Waals surface area contributed by atoms with Crippen LogP contribution in [-0.4, -0.2) is 48.1 Å². The molecule has 0 spiro atoms. The number of hydrogen-bond donors (Lipinski definition) is 1. The zero-order chi connectivity index (χ0) is 14.3. The van der Waals surface area contributed by atoms with Crippen LogP contribution in [0.4, 0.5) is 0 Å². The Bertz CT molecular complexity index is 512. The highest BCUT2D eigenvalue weighted by Crippen LogP contribution is 2.36. The molecule has 0 radical (unpaired) electrons. The first kappa shape index (κ1) is 13.6. The predicted octanol–water partition coefficient (Wildman–Crippen LogP) is 0.251. The molecule has 0 amide bonds. The van der Waals surface area contributed by atoms with Gasteiger partial charge in [-0.05, 0) is 25.5 Å². The van der Waals surface area contributed by atoms with Crippen LogP contribution >= 0.6 is 0 Å². The highest BCUT2D eigenvalue weighted by Gasteiger charge is 2.46. The third-order valence-corrected chi connectivity index (χ3v) is 3.85. The van der Waals surface area contributed by atoms with E-state index in [2.05, 4.69) is 0 Å². The largest absolute Gasteiger partial charge is 0.364 e. The third kappa shape index (κ3) is 2.14. The topological polar surface area (TPSA) is 82.1 Å². The molecule has 1 saturated heterocycles. The Hall–Kier alpha value is -1.34. The molecule has 2 heterocycles. The van der Waals surface area contributed by atoms with Gasteiger partial charge in [-0.25, -0.2) is 0 Å². The van der Waals surface area contributed by atoms with Gasteiger partial charge in [0.1, 0.15) is 6.10 Å². The first-order chi connectivity index (χ1) is 9.51. The Kier molecular flexibility index (Phi) is 3.33. The smallest absolute Gasteiger partial charge is 0.192 e. The van der Waals surface area contributed by atoms with Gasteiger partial charge in [0.2, 0.25) is 0 Å². The highest BCUT2D eigenvalue weighted by molar-refractivity contribution is 6.20. The maximum Gasteiger partial charge on any atom is 0.192 e. The van der Waals surface area contributed by atoms with Crippen LogP contribution in [0.5, 0.6) is 0 Å². The van der Waals surface area contributed by atoms with Crippen LogP contribution in [-0.2, 0) is 23.8 Å². The summed E-state index contributed by atoms with van der Waals surface area (Å²) in [5.41, 5.74) is 0.327. The van der Waals surface area contributed by atoms with Crippen LogP contribution < -0.4 is 0 Å². The van der Waals surface area contributed by atoms with E-state index in [9.17, 15) is 14.7 Å². The normalized spacial score (nSPS) is 33.3. The summed E-state index contributed by atoms with van der Waals surface area (Å²) in [6, 6.07) is 0. The van der Waals surface area contributed by atoms with Gasteiger partial charge in [-0.2, -0.15) is 0 Å². The van der Waals surface area contributed by atoms with Crippen molar-refractivity contribution in [3.05, 3.63) is 23.3 Å². The lowest BCUT2D eigenvalue weighted by Gasteiger charge is -2.43. The van der Waals surface area contributed by atoms with Crippen LogP contribution in [0.15, 0.2) is 23.3 Å². The number of aliphatic hydroxyl groups is 1. The van der Waals surface area contributed by atoms with E-state index >= 15 is 0 Å². The lowest BCUT2D eigenvalue weighted by atomic mass is 9.86. The summed E-state index contributed by atoms with van der Waals surface area (Å²) < 4.78 is 16.7. The average molecular weight is 280 g/mol. The van der Waals surface area contributed by atoms with Gasteiger partial charge in [0.05, 0.1) is 18.8 Å². The minimum Gasteiger partial charge on any atom is -0.364 e. The Morgan fingerprint density at radius 2 is 1.85 bits per heavy atom. The van der Waals surface area contributed by atoms with Gasteiger partial charge in [-0.1, -0.05) is 0 Å². The van der Waals surface area contributed by atoms with Crippen LogP contribution in [0.25, 0.3) is 0 Å². The molecule has 6 heteroatoms. The SMILES string of the molecule is CC1(C2CC3=C(C(=O)C=CC3=O)[C@@H](O)O2)OCCCO1. The second kappa shape index (κ2) is 4.89. The van der Waals surface area contributed by atoms with E-state index in [1.807, 2.05) is 0 Å². The van der Waals surface area contributed by atoms with E-state index in [0.29, 0.717) is 18.8 Å². The van der Waals surface area contributed by atoms with Gasteiger partial charge < -0.3 is 19.3 Å². The monoisotopic (exact) mass is 280 g/mol. The van der Waals surface area contributed by atoms with Gasteiger partial charge >= 0.3 is 0 Å². The Morgan fingerprint density at radius 1 is 1.20 bits per heavy atom. The number of ether oxygens (including phenoxy) is 3. The van der Waals surface area contributed by atoms with Crippen molar-refractivity contribution in [3.63, 3.8) is 0 Å². The Balaban J connectivity index is 1.89. The minimum absolute atomic E-state index is 0.0353. The maximum atomic E-state index is 11.9. The van der Waals surface area contributed by atoms with Gasteiger partial charge in [-0.3, -0.25) is 9.59 Å². The molecule has 2 atom stereocenters. The molecule has 6 nitrogen and oxygen atoms in total. The molecular formula is C14H16O6. The molecule has 3 aliphatic rings. The van der Waals surface area contributed by atoms with E-state index in [0.717, 1.165) is 12.5 Å². The number of carbonyl (C=O) groups is 2. The number of allylic oxidation sites excluding steroid dienone is 2. The number of hydrogen-bond acceptors (Lipinski definition) is 6. The van der Waals surface area contributed by atoms with Crippen molar-refractivity contribution in [2.24, 2.45) is 0 Å². The predicted molar refractivity (Wildman–Crippen MR) is 66.6 cm³/mol. The molecule has 20 heavy (non-hydrogen) atoms. The minimum atomic E-state index is -1.42. The third-order valence-electron chi connectivity index (χ3n) is 3.85. The molecule has 0 aromatic carbocycles. The fourth-order valence-electron chi connectivity index (χ4n) is 2.71. The van der Waals surface area contributed by atoms with Crippen molar-refractivity contribution >= 4 is 11.6 Å². The lowest BCUT2D eigenvalue weighted by molar-refractivity contribution is -0.322. The first-order valence-corrected chi connectivity index (χ1v) is 6.62. The zero-order valence-electron chi connectivity index (χ0n) is 11.1. The van der Waals surface area contributed by atoms with Crippen molar-refractivity contribution in [1.29, 1.82) is 0 Å². The van der Waals surface area contributed by atoms with Crippen molar-refractivity contribution in [2.75, 3.05) is 13.2 Å². The van der Waals surface area contributed by atoms with Gasteiger partial charge in [0.25, 0.3) is 0 Å². The fraction of sp³-hybridized carbons (Fsp3) is 0.571. The van der Waals surface area contributed by atoms with Gasteiger partial charge in [0, 0.05) is 12.0 Å². The summed E-state index contributed by atoms with van der Waals surface area (Å²) in [6.45, 7) is 2.79. The molecule has 0 bridgehead atoms. The molecule has 108 valence electrons. The van der Waals surface area contributed by atoms with Crippen molar-refractivity contribution in [3.8, 4) is 0 Å². The summed E-state index contributed by atoms with van der Waals surface area (Å²) in [5, 5.41) is 10.0. The molecule has 2 aliphatic heterocycles. The molecular weight excluding hydrogens is 264 g/mol. The van der Waals surface area contributed by atoms with E-state index in [4.69, 9.17) is 14.2 Å². The second-order valence-electron chi connectivity index (χ2n) is 5.20. The highest BCUT2D eigenvalue weighted by atomic mass is 16.7. The number of aliphatic hydroxyl groups excluding tert-OH is 1. The summed E-state index contributed by atoms with van der Waals surface area (Å²) in [7, 11) is 0. The van der Waals surface area contributed by atoms with Crippen molar-refractivity contribution in [2.45, 2.75) is 37.9 Å². The number of rotatable bonds is 1. The second-order valence-corrected chi connectivity index (χ2v) is 5.20. The standard InChI is InChI=1S/C14H16O6/c1-14(18-5-2-6-19-14)11-7-8-9(15)3-4-10(16)12(8)13(17)20-11/h3-4,11,13,17H,2,5-7H2,1H3/t11?,13-/m0/s1. The summed E-state index contributed by atoms with van der Waals surface area (Å²) in [4.78, 5) is 23.7. The van der Waals surface area contributed by atoms with Crippen molar-refractivity contribution in [1.82, 2.24) is 0 Å². The van der Waals surface area contributed by atoms with E-state index < -0.39 is 18.2 Å². The number of carbonyl (C=O) groups excluding carboxylic acids is 2. The molecule has 1 N–H and O–H groups in total. The van der Waals surface area contributed by atoms with E-state index in [-0.39, 0.29) is 23.6 Å². The van der Waals surface area contributed by atoms with Gasteiger partial charge in [-0.15, -0.1) is 0 Å². The Labute approximate surface area is 116 Å². The zero-order valence-corrected chi connectivity index (χ0v) is 11.1. The molecule has 3 rings (SSSR count). The van der Waals surface area contributed by atoms with Crippen molar-refractivity contribution < 1.29 is 28.9 Å². The van der Waals surface area contributed by atoms with Gasteiger partial charge in [0.15, 0.2) is 23.6 Å². The number of ketones is 2. The molecule has 0 aromatic rings. The first-order valence-electron chi connectivity index (χ1n) is 6.62. The van der Waals surface area contributed by atoms with Crippen LogP contribution in [0, 0.1) is 0 Å².